The van der Waals surface area contributed by atoms with Gasteiger partial charge in [-0.15, -0.1) is 0 Å². The molecule has 0 radical (unpaired) electrons. The van der Waals surface area contributed by atoms with Crippen molar-refractivity contribution in [1.82, 2.24) is 10.1 Å². The zero-order chi connectivity index (χ0) is 17.5. The van der Waals surface area contributed by atoms with Crippen LogP contribution in [0.25, 0.3) is 0 Å². The molecule has 0 unspecified atom stereocenters. The number of urea groups is 1. The lowest BCUT2D eigenvalue weighted by Gasteiger charge is -2.22. The Labute approximate surface area is 141 Å². The average Bonchev–Trinajstić information content (AvgIpc) is 3.02. The highest BCUT2D eigenvalue weighted by molar-refractivity contribution is 5.96. The number of amides is 3. The summed E-state index contributed by atoms with van der Waals surface area (Å²) in [5.41, 5.74) is 2.85. The molecule has 2 aromatic rings. The first-order chi connectivity index (χ1) is 11.5. The van der Waals surface area contributed by atoms with Crippen molar-refractivity contribution in [1.29, 1.82) is 0 Å². The van der Waals surface area contributed by atoms with Crippen molar-refractivity contribution in [3.8, 4) is 0 Å². The van der Waals surface area contributed by atoms with Crippen LogP contribution >= 0.6 is 0 Å². The first-order valence-corrected chi connectivity index (χ1v) is 7.83. The molecule has 0 aliphatic rings. The number of aryl methyl sites for hydroxylation is 2. The third-order valence-corrected chi connectivity index (χ3v) is 3.44. The Hall–Kier alpha value is -2.83. The molecule has 0 saturated heterocycles. The molecule has 2 N–H and O–H groups in total. The van der Waals surface area contributed by atoms with Crippen LogP contribution in [0.4, 0.5) is 16.3 Å². The summed E-state index contributed by atoms with van der Waals surface area (Å²) < 4.78 is 4.66. The molecular formula is C17H22N4O3. The molecule has 0 bridgehead atoms. The monoisotopic (exact) mass is 330 g/mol. The summed E-state index contributed by atoms with van der Waals surface area (Å²) >= 11 is 0. The van der Waals surface area contributed by atoms with E-state index in [0.717, 1.165) is 23.2 Å². The maximum Gasteiger partial charge on any atom is 0.322 e. The number of nitrogens with one attached hydrogen (secondary N) is 2. The van der Waals surface area contributed by atoms with E-state index in [-0.39, 0.29) is 18.5 Å². The van der Waals surface area contributed by atoms with Gasteiger partial charge in [0.2, 0.25) is 5.91 Å². The van der Waals surface area contributed by atoms with Gasteiger partial charge in [0.15, 0.2) is 5.82 Å². The van der Waals surface area contributed by atoms with E-state index in [1.54, 1.807) is 0 Å². The molecule has 24 heavy (non-hydrogen) atoms. The number of aromatic nitrogens is 1. The molecule has 128 valence electrons. The van der Waals surface area contributed by atoms with Gasteiger partial charge in [-0.1, -0.05) is 29.8 Å². The summed E-state index contributed by atoms with van der Waals surface area (Å²) in [4.78, 5) is 26.0. The van der Waals surface area contributed by atoms with Crippen LogP contribution in [0.1, 0.15) is 24.5 Å². The second-order valence-electron chi connectivity index (χ2n) is 5.60. The highest BCUT2D eigenvalue weighted by Crippen LogP contribution is 2.16. The van der Waals surface area contributed by atoms with Crippen LogP contribution in [-0.4, -0.2) is 35.1 Å². The molecule has 1 aromatic carbocycles. The highest BCUT2D eigenvalue weighted by Gasteiger charge is 2.17. The zero-order valence-corrected chi connectivity index (χ0v) is 14.1. The van der Waals surface area contributed by atoms with E-state index in [9.17, 15) is 9.59 Å². The number of benzene rings is 1. The Morgan fingerprint density at radius 1 is 1.21 bits per heavy atom. The van der Waals surface area contributed by atoms with Gasteiger partial charge in [0.1, 0.15) is 12.8 Å². The second-order valence-corrected chi connectivity index (χ2v) is 5.60. The van der Waals surface area contributed by atoms with E-state index in [1.807, 2.05) is 39.0 Å². The molecule has 0 spiro atoms. The van der Waals surface area contributed by atoms with Gasteiger partial charge in [0.05, 0.1) is 0 Å². The van der Waals surface area contributed by atoms with Crippen molar-refractivity contribution in [2.24, 2.45) is 0 Å². The number of carbonyl (C=O) groups is 2. The Morgan fingerprint density at radius 3 is 2.62 bits per heavy atom. The van der Waals surface area contributed by atoms with Gasteiger partial charge in [-0.2, -0.15) is 0 Å². The fourth-order valence-corrected chi connectivity index (χ4v) is 2.30. The molecule has 7 nitrogen and oxygen atoms in total. The summed E-state index contributed by atoms with van der Waals surface area (Å²) in [5, 5.41) is 9.06. The van der Waals surface area contributed by atoms with E-state index in [4.69, 9.17) is 0 Å². The van der Waals surface area contributed by atoms with Crippen LogP contribution in [-0.2, 0) is 4.79 Å². The molecule has 0 aliphatic heterocycles. The number of nitrogens with zero attached hydrogens (tertiary/aromatic N) is 2. The van der Waals surface area contributed by atoms with Gasteiger partial charge in [-0.05, 0) is 31.9 Å². The average molecular weight is 330 g/mol. The molecule has 3 amide bonds. The third kappa shape index (κ3) is 4.84. The Kier molecular flexibility index (Phi) is 5.95. The smallest absolute Gasteiger partial charge is 0.322 e. The van der Waals surface area contributed by atoms with Crippen LogP contribution in [0, 0.1) is 13.8 Å². The molecule has 0 aliphatic carbocycles. The van der Waals surface area contributed by atoms with E-state index in [1.165, 1.54) is 17.2 Å². The molecule has 1 aromatic heterocycles. The van der Waals surface area contributed by atoms with Crippen molar-refractivity contribution >= 4 is 23.4 Å². The lowest BCUT2D eigenvalue weighted by molar-refractivity contribution is -0.116. The van der Waals surface area contributed by atoms with E-state index in [0.29, 0.717) is 12.4 Å². The maximum atomic E-state index is 12.5. The predicted molar refractivity (Wildman–Crippen MR) is 91.9 cm³/mol. The van der Waals surface area contributed by atoms with Gasteiger partial charge >= 0.3 is 6.03 Å². The van der Waals surface area contributed by atoms with Crippen molar-refractivity contribution in [3.05, 3.63) is 41.7 Å². The molecule has 0 fully saturated rings. The molecule has 0 atom stereocenters. The minimum absolute atomic E-state index is 0.0581. The maximum absolute atomic E-state index is 12.5. The van der Waals surface area contributed by atoms with Crippen molar-refractivity contribution in [2.45, 2.75) is 27.2 Å². The lowest BCUT2D eigenvalue weighted by atomic mass is 10.1. The summed E-state index contributed by atoms with van der Waals surface area (Å²) in [6.07, 6.45) is 2.11. The first kappa shape index (κ1) is 17.5. The van der Waals surface area contributed by atoms with Gasteiger partial charge in [-0.25, -0.2) is 4.79 Å². The van der Waals surface area contributed by atoms with E-state index < -0.39 is 0 Å². The van der Waals surface area contributed by atoms with E-state index >= 15 is 0 Å². The van der Waals surface area contributed by atoms with Crippen LogP contribution in [0.2, 0.25) is 0 Å². The minimum atomic E-state index is -0.326. The standard InChI is InChI=1S/C17H22N4O3/c1-4-8-21(11-16(22)19-15-7-9-24-20-15)17(23)18-14-6-5-12(2)10-13(14)3/h5-7,9-10H,4,8,11H2,1-3H3,(H,18,23)(H,19,20,22). The largest absolute Gasteiger partial charge is 0.363 e. The molecule has 0 saturated carbocycles. The number of hydrogen-bond acceptors (Lipinski definition) is 4. The highest BCUT2D eigenvalue weighted by atomic mass is 16.5. The summed E-state index contributed by atoms with van der Waals surface area (Å²) in [7, 11) is 0. The van der Waals surface area contributed by atoms with Gasteiger partial charge < -0.3 is 20.1 Å². The molecule has 1 heterocycles. The third-order valence-electron chi connectivity index (χ3n) is 3.44. The number of carbonyl (C=O) groups excluding carboxylic acids is 2. The van der Waals surface area contributed by atoms with Gasteiger partial charge in [0, 0.05) is 18.3 Å². The number of rotatable bonds is 6. The van der Waals surface area contributed by atoms with E-state index in [2.05, 4.69) is 20.3 Å². The summed E-state index contributed by atoms with van der Waals surface area (Å²) in [5.74, 6) is -0.000589. The predicted octanol–water partition coefficient (Wildman–Crippen LogP) is 3.17. The topological polar surface area (TPSA) is 87.5 Å². The van der Waals surface area contributed by atoms with Crippen LogP contribution in [0.3, 0.4) is 0 Å². The van der Waals surface area contributed by atoms with Gasteiger partial charge in [0.25, 0.3) is 0 Å². The zero-order valence-electron chi connectivity index (χ0n) is 14.1. The Bertz CT molecular complexity index is 698. The van der Waals surface area contributed by atoms with Crippen LogP contribution < -0.4 is 10.6 Å². The lowest BCUT2D eigenvalue weighted by Crippen LogP contribution is -2.41. The SMILES string of the molecule is CCCN(CC(=O)Nc1ccon1)C(=O)Nc1ccc(C)cc1C. The number of hydrogen-bond donors (Lipinski definition) is 2. The first-order valence-electron chi connectivity index (χ1n) is 7.83. The molecule has 7 heteroatoms. The van der Waals surface area contributed by atoms with Crippen molar-refractivity contribution in [2.75, 3.05) is 23.7 Å². The Morgan fingerprint density at radius 2 is 2.00 bits per heavy atom. The fourth-order valence-electron chi connectivity index (χ4n) is 2.30. The quantitative estimate of drug-likeness (QED) is 0.851. The van der Waals surface area contributed by atoms with Crippen LogP contribution in [0.15, 0.2) is 35.1 Å². The summed E-state index contributed by atoms with van der Waals surface area (Å²) in [6.45, 7) is 6.30. The van der Waals surface area contributed by atoms with Gasteiger partial charge in [-0.3, -0.25) is 4.79 Å². The molecular weight excluding hydrogens is 308 g/mol. The minimum Gasteiger partial charge on any atom is -0.363 e. The van der Waals surface area contributed by atoms with Crippen molar-refractivity contribution < 1.29 is 14.1 Å². The molecule has 2 rings (SSSR count). The Balaban J connectivity index is 2.00. The van der Waals surface area contributed by atoms with Crippen molar-refractivity contribution in [3.63, 3.8) is 0 Å². The fraction of sp³-hybridized carbons (Fsp3) is 0.353. The second kappa shape index (κ2) is 8.14. The summed E-state index contributed by atoms with van der Waals surface area (Å²) in [6, 6.07) is 7.03. The normalized spacial score (nSPS) is 10.3. The number of anilines is 2. The van der Waals surface area contributed by atoms with Crippen LogP contribution in [0.5, 0.6) is 0 Å².